The number of carbonyl (C=O) groups is 1. The Morgan fingerprint density at radius 1 is 1.48 bits per heavy atom. The molecule has 5 heteroatoms. The zero-order valence-corrected chi connectivity index (χ0v) is 11.4. The summed E-state index contributed by atoms with van der Waals surface area (Å²) in [6.07, 6.45) is 5.00. The molecule has 1 aliphatic carbocycles. The van der Waals surface area contributed by atoms with Gasteiger partial charge in [-0.2, -0.15) is 5.26 Å². The van der Waals surface area contributed by atoms with Gasteiger partial charge in [-0.15, -0.1) is 0 Å². The first-order valence-electron chi connectivity index (χ1n) is 6.88. The maximum absolute atomic E-state index is 11.7. The van der Waals surface area contributed by atoms with Crippen molar-refractivity contribution in [3.63, 3.8) is 0 Å². The number of hydrogen-bond acceptors (Lipinski definition) is 3. The minimum Gasteiger partial charge on any atom is -0.481 e. The van der Waals surface area contributed by atoms with Crippen LogP contribution in [0, 0.1) is 17.2 Å². The van der Waals surface area contributed by atoms with Crippen LogP contribution >= 0.6 is 0 Å². The number of nitrogens with zero attached hydrogens (tertiary/aromatic N) is 3. The average Bonchev–Trinajstić information content (AvgIpc) is 3.03. The van der Waals surface area contributed by atoms with Crippen LogP contribution < -0.4 is 0 Å². The van der Waals surface area contributed by atoms with Crippen LogP contribution in [-0.2, 0) is 10.2 Å². The summed E-state index contributed by atoms with van der Waals surface area (Å²) in [6, 6.07) is 11.7. The molecule has 1 N–H and O–H groups in total. The van der Waals surface area contributed by atoms with Crippen molar-refractivity contribution in [2.75, 3.05) is 0 Å². The molecule has 0 amide bonds. The van der Waals surface area contributed by atoms with Crippen molar-refractivity contribution in [1.82, 2.24) is 9.55 Å². The minimum atomic E-state index is -0.906. The van der Waals surface area contributed by atoms with Gasteiger partial charge < -0.3 is 9.67 Å². The molecule has 2 aromatic rings. The fourth-order valence-electron chi connectivity index (χ4n) is 2.90. The molecule has 2 atom stereocenters. The number of carboxylic acids is 1. The highest BCUT2D eigenvalue weighted by atomic mass is 16.4. The number of nitriles is 1. The van der Waals surface area contributed by atoms with Crippen LogP contribution in [-0.4, -0.2) is 20.6 Å². The Morgan fingerprint density at radius 3 is 2.90 bits per heavy atom. The molecule has 1 heterocycles. The first-order chi connectivity index (χ1) is 10.2. The number of hydrogen-bond donors (Lipinski definition) is 1. The highest BCUT2D eigenvalue weighted by molar-refractivity contribution is 5.85. The number of aliphatic carboxylic acids is 1. The summed E-state index contributed by atoms with van der Waals surface area (Å²) in [5.41, 5.74) is 0.629. The van der Waals surface area contributed by atoms with Crippen molar-refractivity contribution in [2.24, 2.45) is 5.92 Å². The molecule has 0 saturated heterocycles. The normalized spacial score (nSPS) is 23.5. The lowest BCUT2D eigenvalue weighted by Crippen LogP contribution is -2.23. The van der Waals surface area contributed by atoms with E-state index in [2.05, 4.69) is 11.1 Å². The third kappa shape index (κ3) is 2.19. The van der Waals surface area contributed by atoms with Gasteiger partial charge in [0.2, 0.25) is 0 Å². The predicted molar refractivity (Wildman–Crippen MR) is 75.8 cm³/mol. The standard InChI is InChI=1S/C16H15N3O2/c17-8-4-5-12-9-16(12,15(20)21)14-10-19(11-18-14)13-6-2-1-3-7-13/h1-3,6-7,10-12H,4-5,9H2,(H,20,21)/t12-,16+/m0/s1. The van der Waals surface area contributed by atoms with Gasteiger partial charge in [-0.05, 0) is 30.9 Å². The Kier molecular flexibility index (Phi) is 3.22. The van der Waals surface area contributed by atoms with Crippen LogP contribution in [0.1, 0.15) is 25.0 Å². The van der Waals surface area contributed by atoms with Gasteiger partial charge in [-0.1, -0.05) is 18.2 Å². The number of imidazole rings is 1. The SMILES string of the molecule is N#CCC[C@H]1C[C@]1(C(=O)O)c1cn(-c2ccccc2)cn1. The summed E-state index contributed by atoms with van der Waals surface area (Å²) in [5.74, 6) is -0.836. The van der Waals surface area contributed by atoms with Gasteiger partial charge >= 0.3 is 5.97 Å². The van der Waals surface area contributed by atoms with E-state index in [0.29, 0.717) is 25.0 Å². The molecule has 21 heavy (non-hydrogen) atoms. The molecule has 1 aliphatic rings. The summed E-state index contributed by atoms with van der Waals surface area (Å²) >= 11 is 0. The quantitative estimate of drug-likeness (QED) is 0.913. The van der Waals surface area contributed by atoms with E-state index in [0.717, 1.165) is 5.69 Å². The van der Waals surface area contributed by atoms with Gasteiger partial charge in [0.05, 0.1) is 18.1 Å². The summed E-state index contributed by atoms with van der Waals surface area (Å²) in [7, 11) is 0. The van der Waals surface area contributed by atoms with Crippen LogP contribution in [0.25, 0.3) is 5.69 Å². The average molecular weight is 281 g/mol. The molecule has 1 fully saturated rings. The largest absolute Gasteiger partial charge is 0.481 e. The molecule has 1 saturated carbocycles. The molecule has 5 nitrogen and oxygen atoms in total. The number of para-hydroxylation sites is 1. The maximum Gasteiger partial charge on any atom is 0.316 e. The maximum atomic E-state index is 11.7. The Morgan fingerprint density at radius 2 is 2.24 bits per heavy atom. The number of aromatic nitrogens is 2. The van der Waals surface area contributed by atoms with Gasteiger partial charge in [0.15, 0.2) is 0 Å². The lowest BCUT2D eigenvalue weighted by molar-refractivity contribution is -0.140. The van der Waals surface area contributed by atoms with Crippen LogP contribution in [0.4, 0.5) is 0 Å². The smallest absolute Gasteiger partial charge is 0.316 e. The third-order valence-corrected chi connectivity index (χ3v) is 4.19. The highest BCUT2D eigenvalue weighted by Crippen LogP contribution is 2.56. The zero-order valence-electron chi connectivity index (χ0n) is 11.4. The fraction of sp³-hybridized carbons (Fsp3) is 0.312. The second-order valence-corrected chi connectivity index (χ2v) is 5.38. The Balaban J connectivity index is 1.88. The van der Waals surface area contributed by atoms with Gasteiger partial charge in [-0.25, -0.2) is 4.98 Å². The molecular weight excluding hydrogens is 266 g/mol. The van der Waals surface area contributed by atoms with Gasteiger partial charge in [-0.3, -0.25) is 4.79 Å². The van der Waals surface area contributed by atoms with E-state index in [1.54, 1.807) is 12.5 Å². The van der Waals surface area contributed by atoms with E-state index < -0.39 is 11.4 Å². The molecule has 3 rings (SSSR count). The van der Waals surface area contributed by atoms with Crippen molar-refractivity contribution >= 4 is 5.97 Å². The van der Waals surface area contributed by atoms with Crippen molar-refractivity contribution in [1.29, 1.82) is 5.26 Å². The molecule has 0 unspecified atom stereocenters. The van der Waals surface area contributed by atoms with Crippen LogP contribution in [0.2, 0.25) is 0 Å². The molecule has 0 radical (unpaired) electrons. The van der Waals surface area contributed by atoms with E-state index in [9.17, 15) is 9.90 Å². The van der Waals surface area contributed by atoms with Crippen molar-refractivity contribution in [3.8, 4) is 11.8 Å². The molecule has 0 aliphatic heterocycles. The van der Waals surface area contributed by atoms with Crippen molar-refractivity contribution in [3.05, 3.63) is 48.5 Å². The fourth-order valence-corrected chi connectivity index (χ4v) is 2.90. The van der Waals surface area contributed by atoms with Crippen LogP contribution in [0.3, 0.4) is 0 Å². The summed E-state index contributed by atoms with van der Waals surface area (Å²) < 4.78 is 1.83. The Bertz CT molecular complexity index is 702. The second kappa shape index (κ2) is 5.06. The third-order valence-electron chi connectivity index (χ3n) is 4.19. The van der Waals surface area contributed by atoms with Gasteiger partial charge in [0.1, 0.15) is 5.41 Å². The molecule has 0 bridgehead atoms. The van der Waals surface area contributed by atoms with Crippen LogP contribution in [0.5, 0.6) is 0 Å². The highest BCUT2D eigenvalue weighted by Gasteiger charge is 2.62. The van der Waals surface area contributed by atoms with E-state index in [1.165, 1.54) is 0 Å². The summed E-state index contributed by atoms with van der Waals surface area (Å²) in [5, 5.41) is 18.2. The first kappa shape index (κ1) is 13.4. The van der Waals surface area contributed by atoms with E-state index in [4.69, 9.17) is 5.26 Å². The number of carboxylic acid groups (broad SMARTS) is 1. The summed E-state index contributed by atoms with van der Waals surface area (Å²) in [4.78, 5) is 16.0. The minimum absolute atomic E-state index is 0.00812. The number of rotatable bonds is 5. The van der Waals surface area contributed by atoms with E-state index in [-0.39, 0.29) is 5.92 Å². The number of benzene rings is 1. The molecule has 1 aromatic heterocycles. The Labute approximate surface area is 122 Å². The van der Waals surface area contributed by atoms with Gasteiger partial charge in [0, 0.05) is 18.3 Å². The first-order valence-corrected chi connectivity index (χ1v) is 6.88. The van der Waals surface area contributed by atoms with Crippen LogP contribution in [0.15, 0.2) is 42.9 Å². The molecular formula is C16H15N3O2. The van der Waals surface area contributed by atoms with Crippen molar-refractivity contribution < 1.29 is 9.90 Å². The monoisotopic (exact) mass is 281 g/mol. The van der Waals surface area contributed by atoms with Gasteiger partial charge in [0.25, 0.3) is 0 Å². The second-order valence-electron chi connectivity index (χ2n) is 5.38. The molecule has 106 valence electrons. The summed E-state index contributed by atoms with van der Waals surface area (Å²) in [6.45, 7) is 0. The Hall–Kier alpha value is -2.61. The van der Waals surface area contributed by atoms with E-state index in [1.807, 2.05) is 34.9 Å². The lowest BCUT2D eigenvalue weighted by atomic mass is 9.98. The molecule has 0 spiro atoms. The van der Waals surface area contributed by atoms with E-state index >= 15 is 0 Å². The topological polar surface area (TPSA) is 78.9 Å². The predicted octanol–water partition coefficient (Wildman–Crippen LogP) is 2.52. The van der Waals surface area contributed by atoms with Crippen molar-refractivity contribution in [2.45, 2.75) is 24.7 Å². The zero-order chi connectivity index (χ0) is 14.9. The lowest BCUT2D eigenvalue weighted by Gasteiger charge is -2.08. The molecule has 1 aromatic carbocycles.